The summed E-state index contributed by atoms with van der Waals surface area (Å²) in [5.74, 6) is 1.64. The fourth-order valence-electron chi connectivity index (χ4n) is 3.33. The van der Waals surface area contributed by atoms with Crippen LogP contribution >= 0.6 is 11.3 Å². The highest BCUT2D eigenvalue weighted by atomic mass is 32.1. The number of nitrogens with one attached hydrogen (secondary N) is 2. The van der Waals surface area contributed by atoms with Gasteiger partial charge in [0.25, 0.3) is 0 Å². The Kier molecular flexibility index (Phi) is 5.39. The Bertz CT molecular complexity index is 1020. The average molecular weight is 410 g/mol. The number of aromatic nitrogens is 5. The molecule has 8 nitrogen and oxygen atoms in total. The third-order valence-corrected chi connectivity index (χ3v) is 5.95. The molecule has 0 aromatic carbocycles. The zero-order chi connectivity index (χ0) is 20.4. The first-order chi connectivity index (χ1) is 14.0. The van der Waals surface area contributed by atoms with E-state index >= 15 is 0 Å². The third kappa shape index (κ3) is 4.51. The number of carbonyl (C=O) groups excluding carboxylic acids is 1. The fraction of sp³-hybridized carbons (Fsp3) is 0.350. The number of thiazole rings is 1. The van der Waals surface area contributed by atoms with E-state index in [0.717, 1.165) is 34.5 Å². The molecule has 1 fully saturated rings. The number of anilines is 2. The molecule has 0 bridgehead atoms. The van der Waals surface area contributed by atoms with Crippen molar-refractivity contribution in [1.29, 1.82) is 0 Å². The molecule has 0 radical (unpaired) electrons. The number of hydrogen-bond donors (Lipinski definition) is 2. The fourth-order valence-corrected chi connectivity index (χ4v) is 4.15. The van der Waals surface area contributed by atoms with Crippen LogP contribution in [0.15, 0.2) is 24.7 Å². The molecule has 4 heterocycles. The molecule has 1 atom stereocenters. The molecule has 1 aliphatic heterocycles. The van der Waals surface area contributed by atoms with Crippen LogP contribution in [0.25, 0.3) is 6.08 Å². The van der Waals surface area contributed by atoms with Crippen molar-refractivity contribution in [2.24, 2.45) is 0 Å². The zero-order valence-corrected chi connectivity index (χ0v) is 17.5. The van der Waals surface area contributed by atoms with Crippen LogP contribution in [-0.2, 0) is 4.79 Å². The molecular weight excluding hydrogens is 386 g/mol. The van der Waals surface area contributed by atoms with Crippen molar-refractivity contribution < 1.29 is 4.79 Å². The summed E-state index contributed by atoms with van der Waals surface area (Å²) in [6, 6.07) is 1.97. The van der Waals surface area contributed by atoms with Gasteiger partial charge in [0.1, 0.15) is 11.6 Å². The van der Waals surface area contributed by atoms with Crippen LogP contribution in [0.1, 0.15) is 40.1 Å². The van der Waals surface area contributed by atoms with E-state index in [1.165, 1.54) is 4.88 Å². The van der Waals surface area contributed by atoms with Crippen molar-refractivity contribution in [2.45, 2.75) is 33.1 Å². The Balaban J connectivity index is 1.44. The van der Waals surface area contributed by atoms with Crippen molar-refractivity contribution in [3.8, 4) is 0 Å². The summed E-state index contributed by atoms with van der Waals surface area (Å²) in [6.07, 6.45) is 7.49. The van der Waals surface area contributed by atoms with Crippen LogP contribution in [0.5, 0.6) is 0 Å². The van der Waals surface area contributed by atoms with E-state index in [9.17, 15) is 4.79 Å². The van der Waals surface area contributed by atoms with Gasteiger partial charge in [0.2, 0.25) is 5.91 Å². The van der Waals surface area contributed by atoms with Gasteiger partial charge in [0.15, 0.2) is 5.13 Å². The number of aromatic amines is 1. The number of aryl methyl sites for hydroxylation is 3. The molecule has 1 aliphatic rings. The molecule has 3 aromatic heterocycles. The first kappa shape index (κ1) is 19.3. The van der Waals surface area contributed by atoms with E-state index in [1.54, 1.807) is 36.0 Å². The summed E-state index contributed by atoms with van der Waals surface area (Å²) in [5.41, 5.74) is 2.79. The van der Waals surface area contributed by atoms with Crippen LogP contribution in [0.4, 0.5) is 10.9 Å². The summed E-state index contributed by atoms with van der Waals surface area (Å²) in [6.45, 7) is 7.31. The van der Waals surface area contributed by atoms with Crippen LogP contribution in [0.3, 0.4) is 0 Å². The number of imidazole rings is 1. The highest BCUT2D eigenvalue weighted by molar-refractivity contribution is 7.15. The molecule has 1 unspecified atom stereocenters. The van der Waals surface area contributed by atoms with Gasteiger partial charge in [-0.3, -0.25) is 4.79 Å². The van der Waals surface area contributed by atoms with Gasteiger partial charge in [-0.2, -0.15) is 0 Å². The highest BCUT2D eigenvalue weighted by Gasteiger charge is 2.27. The largest absolute Gasteiger partial charge is 0.345 e. The van der Waals surface area contributed by atoms with Gasteiger partial charge in [0.05, 0.1) is 29.6 Å². The lowest BCUT2D eigenvalue weighted by atomic mass is 10.0. The molecule has 1 amide bonds. The van der Waals surface area contributed by atoms with Crippen molar-refractivity contribution in [3.63, 3.8) is 0 Å². The lowest BCUT2D eigenvalue weighted by molar-refractivity contribution is -0.124. The Morgan fingerprint density at radius 3 is 2.90 bits per heavy atom. The molecule has 9 heteroatoms. The number of amides is 1. The van der Waals surface area contributed by atoms with Crippen LogP contribution in [0, 0.1) is 20.8 Å². The Morgan fingerprint density at radius 1 is 1.31 bits per heavy atom. The minimum atomic E-state index is -0.0000347. The molecule has 0 aliphatic carbocycles. The van der Waals surface area contributed by atoms with Gasteiger partial charge in [-0.15, -0.1) is 11.3 Å². The Hall–Kier alpha value is -3.07. The minimum absolute atomic E-state index is 0.0000347. The summed E-state index contributed by atoms with van der Waals surface area (Å²) in [7, 11) is 0. The predicted molar refractivity (Wildman–Crippen MR) is 113 cm³/mol. The Morgan fingerprint density at radius 2 is 2.17 bits per heavy atom. The molecule has 150 valence electrons. The number of nitrogens with zero attached hydrogens (tertiary/aromatic N) is 5. The number of rotatable bonds is 5. The summed E-state index contributed by atoms with van der Waals surface area (Å²) >= 11 is 1.61. The van der Waals surface area contributed by atoms with Crippen molar-refractivity contribution >= 4 is 34.3 Å². The standard InChI is InChI=1S/C20H23N7OS/c1-12-13(2)29-20(23-12)26-18-8-17(24-14(3)25-18)15-6-7-27(10-15)19(28)5-4-16-9-21-11-22-16/h4-5,8-9,11,15H,6-7,10H2,1-3H3,(H,21,22)(H,23,24,25,26)/b5-4+. The Labute approximate surface area is 173 Å². The summed E-state index contributed by atoms with van der Waals surface area (Å²) < 4.78 is 0. The maximum absolute atomic E-state index is 12.5. The summed E-state index contributed by atoms with van der Waals surface area (Å²) in [5, 5.41) is 4.13. The van der Waals surface area contributed by atoms with Gasteiger partial charge >= 0.3 is 0 Å². The summed E-state index contributed by atoms with van der Waals surface area (Å²) in [4.78, 5) is 36.1. The first-order valence-electron chi connectivity index (χ1n) is 9.50. The van der Waals surface area contributed by atoms with Gasteiger partial charge in [-0.1, -0.05) is 0 Å². The van der Waals surface area contributed by atoms with E-state index in [0.29, 0.717) is 18.9 Å². The lowest BCUT2D eigenvalue weighted by Gasteiger charge is -2.15. The molecule has 0 saturated carbocycles. The van der Waals surface area contributed by atoms with Crippen molar-refractivity contribution in [1.82, 2.24) is 29.8 Å². The molecular formula is C20H23N7OS. The molecule has 0 spiro atoms. The number of likely N-dealkylation sites (tertiary alicyclic amines) is 1. The predicted octanol–water partition coefficient (Wildman–Crippen LogP) is 3.35. The van der Waals surface area contributed by atoms with E-state index in [-0.39, 0.29) is 11.8 Å². The molecule has 2 N–H and O–H groups in total. The zero-order valence-electron chi connectivity index (χ0n) is 16.6. The smallest absolute Gasteiger partial charge is 0.246 e. The second-order valence-corrected chi connectivity index (χ2v) is 8.32. The van der Waals surface area contributed by atoms with Crippen LogP contribution in [0.2, 0.25) is 0 Å². The highest BCUT2D eigenvalue weighted by Crippen LogP contribution is 2.29. The SMILES string of the molecule is Cc1nc(Nc2nc(C)c(C)s2)cc(C2CCN(C(=O)/C=C/c3cnc[nH]3)C2)n1. The quantitative estimate of drug-likeness (QED) is 0.627. The second kappa shape index (κ2) is 8.12. The van der Waals surface area contributed by atoms with Gasteiger partial charge in [-0.05, 0) is 33.3 Å². The van der Waals surface area contributed by atoms with E-state index in [4.69, 9.17) is 0 Å². The van der Waals surface area contributed by atoms with Gasteiger partial charge in [-0.25, -0.2) is 19.9 Å². The van der Waals surface area contributed by atoms with Gasteiger partial charge in [0, 0.05) is 36.0 Å². The van der Waals surface area contributed by atoms with Gasteiger partial charge < -0.3 is 15.2 Å². The molecule has 4 rings (SSSR count). The molecule has 29 heavy (non-hydrogen) atoms. The third-order valence-electron chi connectivity index (χ3n) is 4.96. The molecule has 3 aromatic rings. The first-order valence-corrected chi connectivity index (χ1v) is 10.3. The van der Waals surface area contributed by atoms with Crippen LogP contribution < -0.4 is 5.32 Å². The lowest BCUT2D eigenvalue weighted by Crippen LogP contribution is -2.26. The topological polar surface area (TPSA) is 99.7 Å². The van der Waals surface area contributed by atoms with E-state index < -0.39 is 0 Å². The van der Waals surface area contributed by atoms with E-state index in [2.05, 4.69) is 37.2 Å². The number of carbonyl (C=O) groups is 1. The maximum atomic E-state index is 12.5. The van der Waals surface area contributed by atoms with Crippen LogP contribution in [-0.4, -0.2) is 48.8 Å². The van der Waals surface area contributed by atoms with Crippen molar-refractivity contribution in [2.75, 3.05) is 18.4 Å². The number of hydrogen-bond acceptors (Lipinski definition) is 7. The maximum Gasteiger partial charge on any atom is 0.246 e. The number of H-pyrrole nitrogens is 1. The van der Waals surface area contributed by atoms with E-state index in [1.807, 2.05) is 24.8 Å². The molecule has 1 saturated heterocycles. The second-order valence-electron chi connectivity index (χ2n) is 7.12. The normalized spacial score (nSPS) is 16.7. The average Bonchev–Trinajstić information content (AvgIpc) is 3.42. The minimum Gasteiger partial charge on any atom is -0.345 e. The van der Waals surface area contributed by atoms with Crippen molar-refractivity contribution in [3.05, 3.63) is 52.4 Å². The monoisotopic (exact) mass is 409 g/mol.